The lowest BCUT2D eigenvalue weighted by atomic mass is 10.2. The van der Waals surface area contributed by atoms with Crippen LogP contribution in [-0.4, -0.2) is 48.8 Å². The van der Waals surface area contributed by atoms with Crippen LogP contribution in [0.2, 0.25) is 0 Å². The molecule has 5 nitrogen and oxygen atoms in total. The molecule has 1 atom stereocenters. The van der Waals surface area contributed by atoms with Gasteiger partial charge < -0.3 is 15.0 Å². The standard InChI is InChI=1S/C13H18N4O/c1-14-9-11-10-16(7-8-18-11)13-4-2-3-12-15-5-6-17(12)13/h2-6,11,14H,7-10H2,1H3. The molecule has 0 amide bonds. The van der Waals surface area contributed by atoms with Crippen molar-refractivity contribution in [2.75, 3.05) is 38.2 Å². The Kier molecular flexibility index (Phi) is 3.17. The van der Waals surface area contributed by atoms with Crippen LogP contribution in [0, 0.1) is 0 Å². The van der Waals surface area contributed by atoms with Crippen molar-refractivity contribution in [2.45, 2.75) is 6.10 Å². The average Bonchev–Trinajstić information content (AvgIpc) is 2.87. The lowest BCUT2D eigenvalue weighted by Gasteiger charge is -2.34. The molecule has 0 aromatic carbocycles. The van der Waals surface area contributed by atoms with Gasteiger partial charge in [-0.3, -0.25) is 4.40 Å². The molecular weight excluding hydrogens is 228 g/mol. The third-order valence-corrected chi connectivity index (χ3v) is 3.30. The van der Waals surface area contributed by atoms with E-state index in [0.717, 1.165) is 31.9 Å². The van der Waals surface area contributed by atoms with Crippen molar-refractivity contribution in [2.24, 2.45) is 0 Å². The number of ether oxygens (including phenoxy) is 1. The molecule has 1 saturated heterocycles. The van der Waals surface area contributed by atoms with Gasteiger partial charge in [0.25, 0.3) is 0 Å². The number of nitrogens with one attached hydrogen (secondary N) is 1. The molecule has 0 radical (unpaired) electrons. The van der Waals surface area contributed by atoms with Gasteiger partial charge in [0.15, 0.2) is 0 Å². The second-order valence-corrected chi connectivity index (χ2v) is 4.54. The molecule has 1 aliphatic heterocycles. The molecule has 0 bridgehead atoms. The predicted molar refractivity (Wildman–Crippen MR) is 71.1 cm³/mol. The predicted octanol–water partition coefficient (Wildman–Crippen LogP) is 0.759. The van der Waals surface area contributed by atoms with Crippen LogP contribution in [-0.2, 0) is 4.74 Å². The van der Waals surface area contributed by atoms with Crippen molar-refractivity contribution in [1.82, 2.24) is 14.7 Å². The number of hydrogen-bond donors (Lipinski definition) is 1. The third kappa shape index (κ3) is 2.07. The summed E-state index contributed by atoms with van der Waals surface area (Å²) in [5.74, 6) is 1.19. The van der Waals surface area contributed by atoms with Crippen LogP contribution in [0.4, 0.5) is 5.82 Å². The summed E-state index contributed by atoms with van der Waals surface area (Å²) in [6, 6.07) is 6.21. The lowest BCUT2D eigenvalue weighted by molar-refractivity contribution is 0.0418. The highest BCUT2D eigenvalue weighted by atomic mass is 16.5. The summed E-state index contributed by atoms with van der Waals surface area (Å²) in [6.07, 6.45) is 4.10. The monoisotopic (exact) mass is 246 g/mol. The molecule has 0 spiro atoms. The molecule has 0 aliphatic carbocycles. The molecular formula is C13H18N4O. The van der Waals surface area contributed by atoms with Crippen LogP contribution in [0.5, 0.6) is 0 Å². The first-order valence-corrected chi connectivity index (χ1v) is 6.32. The summed E-state index contributed by atoms with van der Waals surface area (Å²) >= 11 is 0. The van der Waals surface area contributed by atoms with Gasteiger partial charge in [-0.2, -0.15) is 0 Å². The van der Waals surface area contributed by atoms with Gasteiger partial charge in [0.05, 0.1) is 12.7 Å². The smallest absolute Gasteiger partial charge is 0.138 e. The summed E-state index contributed by atoms with van der Waals surface area (Å²) in [5.41, 5.74) is 0.990. The molecule has 1 aliphatic rings. The van der Waals surface area contributed by atoms with E-state index in [9.17, 15) is 0 Å². The maximum absolute atomic E-state index is 5.73. The fraction of sp³-hybridized carbons (Fsp3) is 0.462. The van der Waals surface area contributed by atoms with Crippen molar-refractivity contribution in [3.05, 3.63) is 30.6 Å². The Bertz CT molecular complexity index is 522. The molecule has 96 valence electrons. The first-order valence-electron chi connectivity index (χ1n) is 6.32. The van der Waals surface area contributed by atoms with E-state index in [1.54, 1.807) is 0 Å². The van der Waals surface area contributed by atoms with Crippen molar-refractivity contribution in [1.29, 1.82) is 0 Å². The number of hydrogen-bond acceptors (Lipinski definition) is 4. The fourth-order valence-electron chi connectivity index (χ4n) is 2.47. The highest BCUT2D eigenvalue weighted by Crippen LogP contribution is 2.19. The molecule has 1 fully saturated rings. The highest BCUT2D eigenvalue weighted by molar-refractivity contribution is 5.51. The molecule has 3 heterocycles. The molecule has 18 heavy (non-hydrogen) atoms. The number of anilines is 1. The maximum Gasteiger partial charge on any atom is 0.138 e. The van der Waals surface area contributed by atoms with Crippen LogP contribution in [0.3, 0.4) is 0 Å². The zero-order valence-electron chi connectivity index (χ0n) is 10.5. The van der Waals surface area contributed by atoms with E-state index in [0.29, 0.717) is 0 Å². The van der Waals surface area contributed by atoms with Crippen LogP contribution in [0.25, 0.3) is 5.65 Å². The van der Waals surface area contributed by atoms with Crippen molar-refractivity contribution >= 4 is 11.5 Å². The van der Waals surface area contributed by atoms with Gasteiger partial charge in [-0.05, 0) is 19.2 Å². The Hall–Kier alpha value is -1.59. The van der Waals surface area contributed by atoms with E-state index in [2.05, 4.69) is 31.7 Å². The number of aromatic nitrogens is 2. The zero-order valence-corrected chi connectivity index (χ0v) is 10.5. The van der Waals surface area contributed by atoms with Crippen LogP contribution in [0.15, 0.2) is 30.6 Å². The third-order valence-electron chi connectivity index (χ3n) is 3.30. The molecule has 2 aromatic rings. The molecule has 3 rings (SSSR count). The number of imidazole rings is 1. The second kappa shape index (κ2) is 4.96. The van der Waals surface area contributed by atoms with Crippen molar-refractivity contribution in [3.63, 3.8) is 0 Å². The molecule has 1 unspecified atom stereocenters. The van der Waals surface area contributed by atoms with Gasteiger partial charge in [-0.25, -0.2) is 4.98 Å². The van der Waals surface area contributed by atoms with Crippen molar-refractivity contribution < 1.29 is 4.74 Å². The maximum atomic E-state index is 5.73. The summed E-state index contributed by atoms with van der Waals surface area (Å²) in [4.78, 5) is 6.68. The quantitative estimate of drug-likeness (QED) is 0.868. The van der Waals surface area contributed by atoms with Crippen LogP contribution < -0.4 is 10.2 Å². The Balaban J connectivity index is 1.87. The molecule has 2 aromatic heterocycles. The van der Waals surface area contributed by atoms with Crippen LogP contribution >= 0.6 is 0 Å². The summed E-state index contributed by atoms with van der Waals surface area (Å²) in [7, 11) is 1.96. The van der Waals surface area contributed by atoms with E-state index in [1.165, 1.54) is 5.82 Å². The topological polar surface area (TPSA) is 41.8 Å². The van der Waals surface area contributed by atoms with Gasteiger partial charge in [0.2, 0.25) is 0 Å². The van der Waals surface area contributed by atoms with E-state index >= 15 is 0 Å². The SMILES string of the molecule is CNCC1CN(c2cccc3nccn23)CCO1. The number of fused-ring (bicyclic) bond motifs is 1. The van der Waals surface area contributed by atoms with E-state index < -0.39 is 0 Å². The normalized spacial score (nSPS) is 20.5. The first kappa shape index (κ1) is 11.5. The Morgan fingerprint density at radius 3 is 3.33 bits per heavy atom. The number of morpholine rings is 1. The largest absolute Gasteiger partial charge is 0.373 e. The highest BCUT2D eigenvalue weighted by Gasteiger charge is 2.21. The van der Waals surface area contributed by atoms with Crippen LogP contribution in [0.1, 0.15) is 0 Å². The van der Waals surface area contributed by atoms with E-state index in [-0.39, 0.29) is 6.10 Å². The minimum absolute atomic E-state index is 0.252. The van der Waals surface area contributed by atoms with Gasteiger partial charge in [-0.15, -0.1) is 0 Å². The molecule has 5 heteroatoms. The van der Waals surface area contributed by atoms with E-state index in [4.69, 9.17) is 4.74 Å². The molecule has 1 N–H and O–H groups in total. The Morgan fingerprint density at radius 1 is 1.50 bits per heavy atom. The Morgan fingerprint density at radius 2 is 2.44 bits per heavy atom. The molecule has 0 saturated carbocycles. The average molecular weight is 246 g/mol. The second-order valence-electron chi connectivity index (χ2n) is 4.54. The minimum Gasteiger partial charge on any atom is -0.373 e. The summed E-state index contributed by atoms with van der Waals surface area (Å²) < 4.78 is 7.86. The summed E-state index contributed by atoms with van der Waals surface area (Å²) in [5, 5.41) is 3.17. The number of rotatable bonds is 3. The number of likely N-dealkylation sites (N-methyl/N-ethyl adjacent to an activating group) is 1. The zero-order chi connectivity index (χ0) is 12.4. The van der Waals surface area contributed by atoms with Gasteiger partial charge in [0, 0.05) is 32.0 Å². The first-order chi connectivity index (χ1) is 8.88. The fourth-order valence-corrected chi connectivity index (χ4v) is 2.47. The number of nitrogens with zero attached hydrogens (tertiary/aromatic N) is 3. The van der Waals surface area contributed by atoms with Gasteiger partial charge in [0.1, 0.15) is 11.5 Å². The minimum atomic E-state index is 0.252. The van der Waals surface area contributed by atoms with Crippen molar-refractivity contribution in [3.8, 4) is 0 Å². The summed E-state index contributed by atoms with van der Waals surface area (Å²) in [6.45, 7) is 3.50. The lowest BCUT2D eigenvalue weighted by Crippen LogP contribution is -2.46. The Labute approximate surface area is 106 Å². The van der Waals surface area contributed by atoms with Gasteiger partial charge >= 0.3 is 0 Å². The van der Waals surface area contributed by atoms with E-state index in [1.807, 2.05) is 25.5 Å². The number of pyridine rings is 1. The van der Waals surface area contributed by atoms with Gasteiger partial charge in [-0.1, -0.05) is 6.07 Å².